The minimum absolute atomic E-state index is 0.0212. The van der Waals surface area contributed by atoms with Crippen LogP contribution in [-0.4, -0.2) is 51.5 Å². The summed E-state index contributed by atoms with van der Waals surface area (Å²) >= 11 is 0. The predicted octanol–water partition coefficient (Wildman–Crippen LogP) is 0.687. The minimum atomic E-state index is -1.10. The van der Waals surface area contributed by atoms with Gasteiger partial charge in [0.15, 0.2) is 0 Å². The first-order chi connectivity index (χ1) is 7.63. The van der Waals surface area contributed by atoms with Gasteiger partial charge in [-0.15, -0.1) is 0 Å². The van der Waals surface area contributed by atoms with Crippen LogP contribution in [0.2, 0.25) is 0 Å². The van der Waals surface area contributed by atoms with Gasteiger partial charge < -0.3 is 19.8 Å². The van der Waals surface area contributed by atoms with Gasteiger partial charge in [-0.2, -0.15) is 0 Å². The number of likely N-dealkylation sites (tertiary alicyclic amines) is 1. The van der Waals surface area contributed by atoms with Crippen molar-refractivity contribution in [1.29, 1.82) is 0 Å². The monoisotopic (exact) mass is 245 g/mol. The first-order valence-corrected chi connectivity index (χ1v) is 5.54. The molecule has 1 rings (SSSR count). The molecule has 6 heteroatoms. The molecular weight excluding hydrogens is 226 g/mol. The summed E-state index contributed by atoms with van der Waals surface area (Å²) in [6.45, 7) is 6.79. The standard InChI is InChI=1S/C11H19NO5/c1-6-8(13)7(9(14)15)5-12(6)10(16)17-11(2,3)4/h6-8,13H,5H2,1-4H3,(H,14,15)/t6?,7-,8?/m0/s1. The number of rotatable bonds is 1. The van der Waals surface area contributed by atoms with Crippen molar-refractivity contribution in [2.75, 3.05) is 6.54 Å². The van der Waals surface area contributed by atoms with Crippen molar-refractivity contribution < 1.29 is 24.5 Å². The van der Waals surface area contributed by atoms with Crippen molar-refractivity contribution in [2.45, 2.75) is 45.4 Å². The fraction of sp³-hybridized carbons (Fsp3) is 0.818. The van der Waals surface area contributed by atoms with Crippen molar-refractivity contribution >= 4 is 12.1 Å². The van der Waals surface area contributed by atoms with Crippen molar-refractivity contribution in [3.63, 3.8) is 0 Å². The van der Waals surface area contributed by atoms with E-state index in [4.69, 9.17) is 9.84 Å². The first-order valence-electron chi connectivity index (χ1n) is 5.54. The topological polar surface area (TPSA) is 87.1 Å². The highest BCUT2D eigenvalue weighted by Gasteiger charge is 2.45. The van der Waals surface area contributed by atoms with E-state index < -0.39 is 35.7 Å². The third-order valence-electron chi connectivity index (χ3n) is 2.74. The molecule has 3 atom stereocenters. The summed E-state index contributed by atoms with van der Waals surface area (Å²) in [7, 11) is 0. The van der Waals surface area contributed by atoms with Crippen LogP contribution in [0.25, 0.3) is 0 Å². The normalized spacial score (nSPS) is 29.2. The average Bonchev–Trinajstić information content (AvgIpc) is 2.41. The predicted molar refractivity (Wildman–Crippen MR) is 59.5 cm³/mol. The molecule has 0 radical (unpaired) electrons. The van der Waals surface area contributed by atoms with Gasteiger partial charge in [0.05, 0.1) is 12.1 Å². The fourth-order valence-corrected chi connectivity index (χ4v) is 1.79. The number of hydrogen-bond donors (Lipinski definition) is 2. The number of nitrogens with zero attached hydrogens (tertiary/aromatic N) is 1. The van der Waals surface area contributed by atoms with E-state index in [2.05, 4.69) is 0 Å². The lowest BCUT2D eigenvalue weighted by Gasteiger charge is -2.27. The van der Waals surface area contributed by atoms with Crippen LogP contribution in [0.3, 0.4) is 0 Å². The molecule has 2 unspecified atom stereocenters. The first kappa shape index (κ1) is 13.8. The van der Waals surface area contributed by atoms with Crippen LogP contribution in [0.5, 0.6) is 0 Å². The Morgan fingerprint density at radius 1 is 1.35 bits per heavy atom. The zero-order valence-electron chi connectivity index (χ0n) is 10.5. The van der Waals surface area contributed by atoms with Gasteiger partial charge >= 0.3 is 12.1 Å². The largest absolute Gasteiger partial charge is 0.481 e. The van der Waals surface area contributed by atoms with Gasteiger partial charge in [-0.05, 0) is 27.7 Å². The highest BCUT2D eigenvalue weighted by molar-refractivity contribution is 5.75. The maximum atomic E-state index is 11.8. The number of amides is 1. The molecule has 0 spiro atoms. The maximum absolute atomic E-state index is 11.8. The number of aliphatic carboxylic acids is 1. The molecule has 0 aromatic carbocycles. The smallest absolute Gasteiger partial charge is 0.410 e. The van der Waals surface area contributed by atoms with E-state index in [9.17, 15) is 14.7 Å². The van der Waals surface area contributed by atoms with Crippen LogP contribution in [0.1, 0.15) is 27.7 Å². The molecule has 0 aromatic rings. The minimum Gasteiger partial charge on any atom is -0.481 e. The molecule has 0 aromatic heterocycles. The molecule has 1 amide bonds. The molecule has 1 heterocycles. The summed E-state index contributed by atoms with van der Waals surface area (Å²) in [5.41, 5.74) is -0.636. The fourth-order valence-electron chi connectivity index (χ4n) is 1.79. The SMILES string of the molecule is CC1C(O)[C@@H](C(=O)O)CN1C(=O)OC(C)(C)C. The van der Waals surface area contributed by atoms with Crippen LogP contribution >= 0.6 is 0 Å². The number of hydrogen-bond acceptors (Lipinski definition) is 4. The molecule has 1 fully saturated rings. The van der Waals surface area contributed by atoms with E-state index in [1.54, 1.807) is 27.7 Å². The molecular formula is C11H19NO5. The van der Waals surface area contributed by atoms with Crippen LogP contribution in [0, 0.1) is 5.92 Å². The van der Waals surface area contributed by atoms with E-state index in [1.165, 1.54) is 4.90 Å². The number of carboxylic acid groups (broad SMARTS) is 1. The maximum Gasteiger partial charge on any atom is 0.410 e. The van der Waals surface area contributed by atoms with Gasteiger partial charge in [0.25, 0.3) is 0 Å². The molecule has 1 saturated heterocycles. The number of aliphatic hydroxyl groups is 1. The molecule has 0 aliphatic carbocycles. The molecule has 6 nitrogen and oxygen atoms in total. The molecule has 1 aliphatic heterocycles. The summed E-state index contributed by atoms with van der Waals surface area (Å²) in [4.78, 5) is 23.9. The highest BCUT2D eigenvalue weighted by atomic mass is 16.6. The number of carboxylic acids is 1. The van der Waals surface area contributed by atoms with Crippen LogP contribution in [0.15, 0.2) is 0 Å². The number of carbonyl (C=O) groups excluding carboxylic acids is 1. The van der Waals surface area contributed by atoms with E-state index in [-0.39, 0.29) is 6.54 Å². The Hall–Kier alpha value is -1.30. The highest BCUT2D eigenvalue weighted by Crippen LogP contribution is 2.25. The number of carbonyl (C=O) groups is 2. The Balaban J connectivity index is 2.74. The van der Waals surface area contributed by atoms with Gasteiger partial charge in [-0.1, -0.05) is 0 Å². The third-order valence-corrected chi connectivity index (χ3v) is 2.74. The Bertz CT molecular complexity index is 322. The quantitative estimate of drug-likeness (QED) is 0.709. The second-order valence-electron chi connectivity index (χ2n) is 5.31. The van der Waals surface area contributed by atoms with Crippen LogP contribution in [-0.2, 0) is 9.53 Å². The molecule has 98 valence electrons. The lowest BCUT2D eigenvalue weighted by molar-refractivity contribution is -0.144. The third kappa shape index (κ3) is 3.09. The van der Waals surface area contributed by atoms with E-state index >= 15 is 0 Å². The van der Waals surface area contributed by atoms with Crippen LogP contribution in [0.4, 0.5) is 4.79 Å². The second-order valence-corrected chi connectivity index (χ2v) is 5.31. The number of aliphatic hydroxyl groups excluding tert-OH is 1. The molecule has 1 aliphatic rings. The van der Waals surface area contributed by atoms with E-state index in [0.29, 0.717) is 0 Å². The molecule has 17 heavy (non-hydrogen) atoms. The summed E-state index contributed by atoms with van der Waals surface area (Å²) in [5.74, 6) is -2.05. The lowest BCUT2D eigenvalue weighted by Crippen LogP contribution is -2.40. The second kappa shape index (κ2) is 4.52. The van der Waals surface area contributed by atoms with Gasteiger partial charge in [0.2, 0.25) is 0 Å². The molecule has 2 N–H and O–H groups in total. The zero-order valence-corrected chi connectivity index (χ0v) is 10.5. The number of ether oxygens (including phenoxy) is 1. The van der Waals surface area contributed by atoms with Crippen LogP contribution < -0.4 is 0 Å². The Kier molecular flexibility index (Phi) is 3.66. The van der Waals surface area contributed by atoms with Crippen molar-refractivity contribution in [3.05, 3.63) is 0 Å². The van der Waals surface area contributed by atoms with Gasteiger partial charge in [0, 0.05) is 6.54 Å². The van der Waals surface area contributed by atoms with E-state index in [0.717, 1.165) is 0 Å². The van der Waals surface area contributed by atoms with E-state index in [1.807, 2.05) is 0 Å². The zero-order chi connectivity index (χ0) is 13.4. The lowest BCUT2D eigenvalue weighted by atomic mass is 10.0. The van der Waals surface area contributed by atoms with Crippen molar-refractivity contribution in [1.82, 2.24) is 4.90 Å². The summed E-state index contributed by atoms with van der Waals surface area (Å²) in [6, 6.07) is -0.550. The van der Waals surface area contributed by atoms with Gasteiger partial charge in [-0.25, -0.2) is 4.79 Å². The van der Waals surface area contributed by atoms with Crippen molar-refractivity contribution in [3.8, 4) is 0 Å². The van der Waals surface area contributed by atoms with Gasteiger partial charge in [-0.3, -0.25) is 4.79 Å². The summed E-state index contributed by atoms with van der Waals surface area (Å²) in [5, 5.41) is 18.6. The van der Waals surface area contributed by atoms with Crippen molar-refractivity contribution in [2.24, 2.45) is 5.92 Å². The molecule has 0 saturated carbocycles. The Morgan fingerprint density at radius 2 is 1.88 bits per heavy atom. The van der Waals surface area contributed by atoms with Gasteiger partial charge in [0.1, 0.15) is 11.5 Å². The molecule has 0 bridgehead atoms. The Morgan fingerprint density at radius 3 is 2.24 bits per heavy atom. The average molecular weight is 245 g/mol. The summed E-state index contributed by atoms with van der Waals surface area (Å²) in [6.07, 6.45) is -1.65. The Labute approximate surface area is 100 Å². The summed E-state index contributed by atoms with van der Waals surface area (Å²) < 4.78 is 5.15.